The quantitative estimate of drug-likeness (QED) is 0.586. The fraction of sp³-hybridized carbons (Fsp3) is 0.273. The molecule has 3 aromatic rings. The van der Waals surface area contributed by atoms with Gasteiger partial charge in [-0.25, -0.2) is 0 Å². The molecule has 0 radical (unpaired) electrons. The number of pyridine rings is 1. The molecule has 0 unspecified atom stereocenters. The molecule has 9 heteroatoms. The molecule has 162 valence electrons. The lowest BCUT2D eigenvalue weighted by Crippen LogP contribution is -2.25. The van der Waals surface area contributed by atoms with Gasteiger partial charge < -0.3 is 18.6 Å². The highest BCUT2D eigenvalue weighted by Gasteiger charge is 2.31. The predicted molar refractivity (Wildman–Crippen MR) is 106 cm³/mol. The number of benzene rings is 1. The molecule has 0 spiro atoms. The zero-order chi connectivity index (χ0) is 22.3. The highest BCUT2D eigenvalue weighted by molar-refractivity contribution is 5.97. The first-order valence-corrected chi connectivity index (χ1v) is 9.55. The van der Waals surface area contributed by atoms with E-state index in [1.165, 1.54) is 0 Å². The molecule has 0 N–H and O–H groups in total. The number of ketones is 1. The van der Waals surface area contributed by atoms with E-state index in [4.69, 9.17) is 9.47 Å². The number of nitrogens with zero attached hydrogens (tertiary/aromatic N) is 2. The van der Waals surface area contributed by atoms with E-state index in [0.717, 1.165) is 22.0 Å². The number of aromatic nitrogens is 2. The van der Waals surface area contributed by atoms with E-state index < -0.39 is 29.6 Å². The summed E-state index contributed by atoms with van der Waals surface area (Å²) in [5.74, 6) is 0.774. The van der Waals surface area contributed by atoms with E-state index in [0.29, 0.717) is 48.2 Å². The first kappa shape index (κ1) is 20.8. The molecule has 2 aromatic heterocycles. The molecule has 0 saturated heterocycles. The van der Waals surface area contributed by atoms with Gasteiger partial charge in [-0.2, -0.15) is 13.2 Å². The lowest BCUT2D eigenvalue weighted by atomic mass is 10.1. The normalized spacial score (nSPS) is 13.3. The lowest BCUT2D eigenvalue weighted by molar-refractivity contribution is -0.138. The Morgan fingerprint density at radius 3 is 2.45 bits per heavy atom. The topological polar surface area (TPSA) is 62.5 Å². The van der Waals surface area contributed by atoms with Crippen molar-refractivity contribution in [3.8, 4) is 17.2 Å². The fourth-order valence-electron chi connectivity index (χ4n) is 3.68. The summed E-state index contributed by atoms with van der Waals surface area (Å²) in [6.07, 6.45) is -3.94. The van der Waals surface area contributed by atoms with Gasteiger partial charge in [-0.15, -0.1) is 0 Å². The smallest absolute Gasteiger partial charge is 0.417 e. The van der Waals surface area contributed by atoms with E-state index in [9.17, 15) is 22.8 Å². The van der Waals surface area contributed by atoms with Gasteiger partial charge in [0.25, 0.3) is 5.56 Å². The number of fused-ring (bicyclic) bond motifs is 1. The Morgan fingerprint density at radius 1 is 1.03 bits per heavy atom. The molecule has 0 bridgehead atoms. The first-order valence-electron chi connectivity index (χ1n) is 9.55. The Balaban J connectivity index is 1.66. The Labute approximate surface area is 175 Å². The number of ether oxygens (including phenoxy) is 2. The van der Waals surface area contributed by atoms with Gasteiger partial charge in [0, 0.05) is 41.0 Å². The minimum Gasteiger partial charge on any atom is -0.486 e. The minimum atomic E-state index is -4.60. The maximum atomic E-state index is 13.0. The molecule has 0 aliphatic carbocycles. The standard InChI is InChI=1S/C22H19F3N2O4/c1-13-9-17(18(28)12-26-11-15(22(23,24)25)3-6-21(26)29)14(2)27(13)16-4-5-19-20(10-16)31-8-7-30-19/h3-6,9-11H,7-8,12H2,1-2H3. The number of alkyl halides is 3. The van der Waals surface area contributed by atoms with E-state index in [1.807, 2.05) is 17.6 Å². The van der Waals surface area contributed by atoms with Crippen molar-refractivity contribution < 1.29 is 27.4 Å². The van der Waals surface area contributed by atoms with Crippen molar-refractivity contribution in [3.63, 3.8) is 0 Å². The third-order valence-electron chi connectivity index (χ3n) is 5.14. The molecular weight excluding hydrogens is 413 g/mol. The number of hydrogen-bond acceptors (Lipinski definition) is 4. The van der Waals surface area contributed by atoms with Crippen LogP contribution < -0.4 is 15.0 Å². The van der Waals surface area contributed by atoms with Crippen molar-refractivity contribution in [2.75, 3.05) is 13.2 Å². The molecule has 6 nitrogen and oxygen atoms in total. The number of carbonyl (C=O) groups is 1. The van der Waals surface area contributed by atoms with Gasteiger partial charge in [0.2, 0.25) is 0 Å². The molecular formula is C22H19F3N2O4. The van der Waals surface area contributed by atoms with Crippen LogP contribution >= 0.6 is 0 Å². The summed E-state index contributed by atoms with van der Waals surface area (Å²) in [7, 11) is 0. The fourth-order valence-corrected chi connectivity index (χ4v) is 3.68. The molecule has 1 aliphatic rings. The third kappa shape index (κ3) is 3.95. The summed E-state index contributed by atoms with van der Waals surface area (Å²) < 4.78 is 52.7. The predicted octanol–water partition coefficient (Wildman–Crippen LogP) is 3.93. The molecule has 0 fully saturated rings. The average Bonchev–Trinajstić information content (AvgIpc) is 3.02. The van der Waals surface area contributed by atoms with Crippen LogP contribution in [0.2, 0.25) is 0 Å². The Morgan fingerprint density at radius 2 is 1.74 bits per heavy atom. The summed E-state index contributed by atoms with van der Waals surface area (Å²) >= 11 is 0. The van der Waals surface area contributed by atoms with E-state index in [1.54, 1.807) is 25.1 Å². The van der Waals surface area contributed by atoms with Gasteiger partial charge in [0.1, 0.15) is 13.2 Å². The highest BCUT2D eigenvalue weighted by atomic mass is 19.4. The molecule has 4 rings (SSSR count). The van der Waals surface area contributed by atoms with Crippen LogP contribution in [0, 0.1) is 13.8 Å². The van der Waals surface area contributed by atoms with Crippen LogP contribution in [0.4, 0.5) is 13.2 Å². The summed E-state index contributed by atoms with van der Waals surface area (Å²) in [5.41, 5.74) is 0.794. The van der Waals surface area contributed by atoms with Gasteiger partial charge in [0.15, 0.2) is 17.3 Å². The lowest BCUT2D eigenvalue weighted by Gasteiger charge is -2.20. The summed E-state index contributed by atoms with van der Waals surface area (Å²) in [5, 5.41) is 0. The molecule has 1 aromatic carbocycles. The maximum Gasteiger partial charge on any atom is 0.417 e. The van der Waals surface area contributed by atoms with E-state index in [-0.39, 0.29) is 0 Å². The van der Waals surface area contributed by atoms with Gasteiger partial charge in [-0.05, 0) is 38.1 Å². The van der Waals surface area contributed by atoms with Gasteiger partial charge >= 0.3 is 6.18 Å². The zero-order valence-electron chi connectivity index (χ0n) is 16.8. The number of hydrogen-bond donors (Lipinski definition) is 0. The second-order valence-electron chi connectivity index (χ2n) is 7.25. The van der Waals surface area contributed by atoms with Crippen molar-refractivity contribution in [2.24, 2.45) is 0 Å². The number of aryl methyl sites for hydroxylation is 1. The second-order valence-corrected chi connectivity index (χ2v) is 7.25. The van der Waals surface area contributed by atoms with Crippen molar-refractivity contribution in [1.29, 1.82) is 0 Å². The first-order chi connectivity index (χ1) is 14.6. The SMILES string of the molecule is Cc1cc(C(=O)Cn2cc(C(F)(F)F)ccc2=O)c(C)n1-c1ccc2c(c1)OCCO2. The monoisotopic (exact) mass is 432 g/mol. The minimum absolute atomic E-state index is 0.330. The van der Waals surface area contributed by atoms with Crippen LogP contribution in [0.5, 0.6) is 11.5 Å². The van der Waals surface area contributed by atoms with E-state index in [2.05, 4.69) is 0 Å². The largest absolute Gasteiger partial charge is 0.486 e. The highest BCUT2D eigenvalue weighted by Crippen LogP contribution is 2.33. The van der Waals surface area contributed by atoms with Crippen molar-refractivity contribution in [2.45, 2.75) is 26.6 Å². The van der Waals surface area contributed by atoms with Gasteiger partial charge in [-0.3, -0.25) is 9.59 Å². The van der Waals surface area contributed by atoms with Gasteiger partial charge in [0.05, 0.1) is 12.1 Å². The molecule has 3 heterocycles. The maximum absolute atomic E-state index is 13.0. The molecule has 0 atom stereocenters. The molecule has 0 amide bonds. The third-order valence-corrected chi connectivity index (χ3v) is 5.14. The van der Waals surface area contributed by atoms with Crippen molar-refractivity contribution in [1.82, 2.24) is 9.13 Å². The van der Waals surface area contributed by atoms with Crippen LogP contribution in [0.25, 0.3) is 5.69 Å². The van der Waals surface area contributed by atoms with Gasteiger partial charge in [-0.1, -0.05) is 0 Å². The number of Topliss-reactive ketones (excluding diaryl/α,β-unsaturated/α-hetero) is 1. The second kappa shape index (κ2) is 7.64. The number of carbonyl (C=O) groups excluding carboxylic acids is 1. The average molecular weight is 432 g/mol. The van der Waals surface area contributed by atoms with E-state index >= 15 is 0 Å². The zero-order valence-corrected chi connectivity index (χ0v) is 16.8. The van der Waals surface area contributed by atoms with Crippen LogP contribution in [0.3, 0.4) is 0 Å². The Hall–Kier alpha value is -3.49. The number of rotatable bonds is 4. The summed E-state index contributed by atoms with van der Waals surface area (Å²) in [4.78, 5) is 24.9. The Bertz CT molecular complexity index is 1220. The summed E-state index contributed by atoms with van der Waals surface area (Å²) in [6, 6.07) is 8.60. The number of halogens is 3. The van der Waals surface area contributed by atoms with Crippen LogP contribution in [-0.2, 0) is 12.7 Å². The molecule has 1 aliphatic heterocycles. The molecule has 0 saturated carbocycles. The molecule has 31 heavy (non-hydrogen) atoms. The Kier molecular flexibility index (Phi) is 5.12. The van der Waals surface area contributed by atoms with Crippen LogP contribution in [-0.4, -0.2) is 28.1 Å². The van der Waals surface area contributed by atoms with Crippen molar-refractivity contribution >= 4 is 5.78 Å². The van der Waals surface area contributed by atoms with Crippen LogP contribution in [0.1, 0.15) is 27.3 Å². The van der Waals surface area contributed by atoms with Crippen molar-refractivity contribution in [3.05, 3.63) is 75.5 Å². The summed E-state index contributed by atoms with van der Waals surface area (Å²) in [6.45, 7) is 3.98. The van der Waals surface area contributed by atoms with Crippen LogP contribution in [0.15, 0.2) is 47.4 Å².